The van der Waals surface area contributed by atoms with Crippen LogP contribution in [0.25, 0.3) is 0 Å². The molecule has 0 aliphatic carbocycles. The predicted octanol–water partition coefficient (Wildman–Crippen LogP) is 2.56. The molecule has 0 spiro atoms. The lowest BCUT2D eigenvalue weighted by Crippen LogP contribution is -2.31. The van der Waals surface area contributed by atoms with Crippen molar-refractivity contribution in [2.45, 2.75) is 27.4 Å². The van der Waals surface area contributed by atoms with E-state index in [0.29, 0.717) is 11.7 Å². The van der Waals surface area contributed by atoms with E-state index in [9.17, 15) is 4.79 Å². The number of carbonyl (C=O) groups excluding carboxylic acids is 1. The summed E-state index contributed by atoms with van der Waals surface area (Å²) >= 11 is 6.24. The van der Waals surface area contributed by atoms with Crippen LogP contribution in [-0.4, -0.2) is 20.7 Å². The lowest BCUT2D eigenvalue weighted by Gasteiger charge is -2.24. The molecule has 1 amide bonds. The standard InChI is InChI=1S/C13H15ClN4O/c1-9-4-5-12(10(2)13(9)14)18(11(3)19)8-17-6-15-16-7-17/h4-7H,8H2,1-3H3. The Hall–Kier alpha value is -1.88. The van der Waals surface area contributed by atoms with Crippen molar-refractivity contribution in [2.75, 3.05) is 4.90 Å². The molecule has 2 aromatic rings. The Bertz CT molecular complexity index is 595. The Kier molecular flexibility index (Phi) is 3.85. The first-order valence-electron chi connectivity index (χ1n) is 5.87. The third kappa shape index (κ3) is 2.76. The number of anilines is 1. The fourth-order valence-electron chi connectivity index (χ4n) is 1.91. The first kappa shape index (κ1) is 13.5. The fourth-order valence-corrected chi connectivity index (χ4v) is 2.07. The van der Waals surface area contributed by atoms with Crippen LogP contribution in [0.2, 0.25) is 5.02 Å². The molecule has 0 atom stereocenters. The van der Waals surface area contributed by atoms with Crippen molar-refractivity contribution >= 4 is 23.2 Å². The van der Waals surface area contributed by atoms with Crippen molar-refractivity contribution in [1.82, 2.24) is 14.8 Å². The zero-order valence-corrected chi connectivity index (χ0v) is 11.8. The largest absolute Gasteiger partial charge is 0.301 e. The molecule has 19 heavy (non-hydrogen) atoms. The average molecular weight is 279 g/mol. The third-order valence-corrected chi connectivity index (χ3v) is 3.57. The molecule has 1 aromatic carbocycles. The molecule has 0 aliphatic heterocycles. The van der Waals surface area contributed by atoms with E-state index in [-0.39, 0.29) is 5.91 Å². The Labute approximate surface area is 116 Å². The van der Waals surface area contributed by atoms with E-state index in [4.69, 9.17) is 11.6 Å². The molecule has 6 heteroatoms. The van der Waals surface area contributed by atoms with Gasteiger partial charge in [-0.05, 0) is 31.0 Å². The maximum absolute atomic E-state index is 11.8. The number of halogens is 1. The van der Waals surface area contributed by atoms with E-state index in [1.807, 2.05) is 26.0 Å². The van der Waals surface area contributed by atoms with E-state index < -0.39 is 0 Å². The second-order valence-corrected chi connectivity index (χ2v) is 4.78. The second-order valence-electron chi connectivity index (χ2n) is 4.41. The number of hydrogen-bond acceptors (Lipinski definition) is 3. The van der Waals surface area contributed by atoms with E-state index in [1.165, 1.54) is 6.92 Å². The normalized spacial score (nSPS) is 10.5. The average Bonchev–Trinajstić information content (AvgIpc) is 2.87. The van der Waals surface area contributed by atoms with Crippen LogP contribution in [0.3, 0.4) is 0 Å². The van der Waals surface area contributed by atoms with Crippen LogP contribution in [0.4, 0.5) is 5.69 Å². The van der Waals surface area contributed by atoms with Gasteiger partial charge >= 0.3 is 0 Å². The van der Waals surface area contributed by atoms with Crippen molar-refractivity contribution in [3.63, 3.8) is 0 Å². The predicted molar refractivity (Wildman–Crippen MR) is 74.1 cm³/mol. The molecule has 0 fully saturated rings. The van der Waals surface area contributed by atoms with E-state index in [0.717, 1.165) is 16.8 Å². The van der Waals surface area contributed by atoms with Crippen LogP contribution in [0.1, 0.15) is 18.1 Å². The molecule has 5 nitrogen and oxygen atoms in total. The molecule has 1 heterocycles. The van der Waals surface area contributed by atoms with Gasteiger partial charge in [0, 0.05) is 17.6 Å². The maximum atomic E-state index is 11.8. The summed E-state index contributed by atoms with van der Waals surface area (Å²) in [4.78, 5) is 13.5. The topological polar surface area (TPSA) is 51.0 Å². The minimum Gasteiger partial charge on any atom is -0.301 e. The van der Waals surface area contributed by atoms with Crippen molar-refractivity contribution < 1.29 is 4.79 Å². The Morgan fingerprint density at radius 3 is 2.53 bits per heavy atom. The van der Waals surface area contributed by atoms with Crippen LogP contribution < -0.4 is 4.90 Å². The van der Waals surface area contributed by atoms with Gasteiger partial charge in [-0.2, -0.15) is 0 Å². The van der Waals surface area contributed by atoms with Crippen LogP contribution in [-0.2, 0) is 11.5 Å². The zero-order valence-electron chi connectivity index (χ0n) is 11.1. The second kappa shape index (κ2) is 5.40. The zero-order chi connectivity index (χ0) is 14.0. The van der Waals surface area contributed by atoms with Gasteiger partial charge in [-0.3, -0.25) is 9.69 Å². The SMILES string of the molecule is CC(=O)N(Cn1cnnc1)c1ccc(C)c(Cl)c1C. The summed E-state index contributed by atoms with van der Waals surface area (Å²) in [5.74, 6) is -0.0586. The van der Waals surface area contributed by atoms with Crippen molar-refractivity contribution in [3.8, 4) is 0 Å². The Balaban J connectivity index is 2.40. The summed E-state index contributed by atoms with van der Waals surface area (Å²) in [6.45, 7) is 5.74. The highest BCUT2D eigenvalue weighted by Gasteiger charge is 2.16. The van der Waals surface area contributed by atoms with Crippen molar-refractivity contribution in [1.29, 1.82) is 0 Å². The molecular weight excluding hydrogens is 264 g/mol. The van der Waals surface area contributed by atoms with Crippen LogP contribution in [0.5, 0.6) is 0 Å². The van der Waals surface area contributed by atoms with E-state index >= 15 is 0 Å². The van der Waals surface area contributed by atoms with E-state index in [1.54, 1.807) is 22.1 Å². The maximum Gasteiger partial charge on any atom is 0.225 e. The molecule has 2 rings (SSSR count). The van der Waals surface area contributed by atoms with Crippen molar-refractivity contribution in [3.05, 3.63) is 40.9 Å². The Morgan fingerprint density at radius 2 is 1.95 bits per heavy atom. The smallest absolute Gasteiger partial charge is 0.225 e. The van der Waals surface area contributed by atoms with Gasteiger partial charge in [-0.15, -0.1) is 10.2 Å². The number of aryl methyl sites for hydroxylation is 1. The summed E-state index contributed by atoms with van der Waals surface area (Å²) in [5, 5.41) is 8.15. The lowest BCUT2D eigenvalue weighted by molar-refractivity contribution is -0.116. The summed E-state index contributed by atoms with van der Waals surface area (Å²) in [5.41, 5.74) is 2.69. The highest BCUT2D eigenvalue weighted by atomic mass is 35.5. The molecular formula is C13H15ClN4O. The number of amides is 1. The number of carbonyl (C=O) groups is 1. The number of aromatic nitrogens is 3. The summed E-state index contributed by atoms with van der Waals surface area (Å²) in [7, 11) is 0. The van der Waals surface area contributed by atoms with Gasteiger partial charge in [0.15, 0.2) is 0 Å². The molecule has 0 saturated heterocycles. The number of benzene rings is 1. The number of rotatable bonds is 3. The van der Waals surface area contributed by atoms with Gasteiger partial charge in [0.1, 0.15) is 19.3 Å². The third-order valence-electron chi connectivity index (χ3n) is 2.99. The molecule has 0 bridgehead atoms. The molecule has 1 aromatic heterocycles. The molecule has 0 N–H and O–H groups in total. The van der Waals surface area contributed by atoms with Crippen LogP contribution >= 0.6 is 11.6 Å². The van der Waals surface area contributed by atoms with Gasteiger partial charge in [0.05, 0.1) is 0 Å². The van der Waals surface area contributed by atoms with Gasteiger partial charge in [0.2, 0.25) is 5.91 Å². The molecule has 0 unspecified atom stereocenters. The van der Waals surface area contributed by atoms with Crippen LogP contribution in [0.15, 0.2) is 24.8 Å². The monoisotopic (exact) mass is 278 g/mol. The highest BCUT2D eigenvalue weighted by Crippen LogP contribution is 2.30. The number of hydrogen-bond donors (Lipinski definition) is 0. The minimum absolute atomic E-state index is 0.0586. The summed E-state index contributed by atoms with van der Waals surface area (Å²) in [6, 6.07) is 3.81. The fraction of sp³-hybridized carbons (Fsp3) is 0.308. The molecule has 0 radical (unpaired) electrons. The Morgan fingerprint density at radius 1 is 1.32 bits per heavy atom. The van der Waals surface area contributed by atoms with Gasteiger partial charge in [-0.1, -0.05) is 17.7 Å². The molecule has 0 aliphatic rings. The first-order valence-corrected chi connectivity index (χ1v) is 6.24. The quantitative estimate of drug-likeness (QED) is 0.867. The molecule has 100 valence electrons. The number of nitrogens with zero attached hydrogens (tertiary/aromatic N) is 4. The first-order chi connectivity index (χ1) is 9.00. The summed E-state index contributed by atoms with van der Waals surface area (Å²) in [6.07, 6.45) is 3.14. The van der Waals surface area contributed by atoms with Gasteiger partial charge in [0.25, 0.3) is 0 Å². The van der Waals surface area contributed by atoms with Gasteiger partial charge in [-0.25, -0.2) is 0 Å². The van der Waals surface area contributed by atoms with E-state index in [2.05, 4.69) is 10.2 Å². The van der Waals surface area contributed by atoms with Crippen LogP contribution in [0, 0.1) is 13.8 Å². The highest BCUT2D eigenvalue weighted by molar-refractivity contribution is 6.32. The molecule has 0 saturated carbocycles. The van der Waals surface area contributed by atoms with Gasteiger partial charge < -0.3 is 4.57 Å². The summed E-state index contributed by atoms with van der Waals surface area (Å²) < 4.78 is 1.73. The lowest BCUT2D eigenvalue weighted by atomic mass is 10.1. The minimum atomic E-state index is -0.0586. The van der Waals surface area contributed by atoms with Crippen molar-refractivity contribution in [2.24, 2.45) is 0 Å².